The van der Waals surface area contributed by atoms with Gasteiger partial charge in [-0.2, -0.15) is 24.3 Å². The van der Waals surface area contributed by atoms with Gasteiger partial charge < -0.3 is 0 Å². The van der Waals surface area contributed by atoms with Crippen LogP contribution in [-0.2, 0) is 0 Å². The lowest BCUT2D eigenvalue weighted by atomic mass is 10.3. The molecule has 0 nitrogen and oxygen atoms in total. The van der Waals surface area contributed by atoms with Crippen molar-refractivity contribution in [3.63, 3.8) is 0 Å². The zero-order chi connectivity index (χ0) is 7.33. The minimum Gasteiger partial charge on any atom is -0.176 e. The molecule has 0 bridgehead atoms. The average Bonchev–Trinajstić information content (AvgIpc) is 1.63. The standard InChI is InChI=1S/C4H8ClF3Si/c5-9-3-1-2-4(6,7)8/h1-3,9H2. The number of alkyl halides is 3. The van der Waals surface area contributed by atoms with Gasteiger partial charge in [-0.3, -0.25) is 0 Å². The van der Waals surface area contributed by atoms with Crippen molar-refractivity contribution in [3.05, 3.63) is 0 Å². The van der Waals surface area contributed by atoms with Crippen molar-refractivity contribution in [2.75, 3.05) is 0 Å². The topological polar surface area (TPSA) is 0 Å². The van der Waals surface area contributed by atoms with Crippen molar-refractivity contribution in [2.24, 2.45) is 0 Å². The molecule has 0 aromatic carbocycles. The average molecular weight is 177 g/mol. The summed E-state index contributed by atoms with van der Waals surface area (Å²) in [6.07, 6.45) is -4.45. The first kappa shape index (κ1) is 9.30. The van der Waals surface area contributed by atoms with E-state index < -0.39 is 21.4 Å². The molecule has 0 fully saturated rings. The van der Waals surface area contributed by atoms with E-state index in [-0.39, 0.29) is 6.42 Å². The Kier molecular flexibility index (Phi) is 4.30. The molecular weight excluding hydrogens is 169 g/mol. The summed E-state index contributed by atoms with van der Waals surface area (Å²) in [7, 11) is -0.683. The number of rotatable bonds is 3. The summed E-state index contributed by atoms with van der Waals surface area (Å²) >= 11 is 5.30. The SMILES string of the molecule is FC(F)(F)CCC[SiH2]Cl. The summed E-state index contributed by atoms with van der Waals surface area (Å²) in [5.41, 5.74) is 0. The van der Waals surface area contributed by atoms with Gasteiger partial charge >= 0.3 is 6.18 Å². The molecule has 5 heteroatoms. The highest BCUT2D eigenvalue weighted by atomic mass is 35.6. The minimum atomic E-state index is -3.99. The number of hydrogen-bond donors (Lipinski definition) is 0. The van der Waals surface area contributed by atoms with E-state index in [1.54, 1.807) is 0 Å². The van der Waals surface area contributed by atoms with Gasteiger partial charge in [0.1, 0.15) is 8.83 Å². The summed E-state index contributed by atoms with van der Waals surface area (Å²) in [4.78, 5) is 0. The Hall–Kier alpha value is 0.297. The first-order chi connectivity index (χ1) is 4.06. The maximum atomic E-state index is 11.4. The van der Waals surface area contributed by atoms with E-state index in [2.05, 4.69) is 0 Å². The van der Waals surface area contributed by atoms with E-state index in [1.807, 2.05) is 0 Å². The predicted molar refractivity (Wildman–Crippen MR) is 34.5 cm³/mol. The van der Waals surface area contributed by atoms with Gasteiger partial charge in [-0.1, -0.05) is 0 Å². The van der Waals surface area contributed by atoms with E-state index in [4.69, 9.17) is 11.1 Å². The lowest BCUT2D eigenvalue weighted by molar-refractivity contribution is -0.134. The van der Waals surface area contributed by atoms with Crippen molar-refractivity contribution < 1.29 is 13.2 Å². The van der Waals surface area contributed by atoms with E-state index in [1.165, 1.54) is 0 Å². The van der Waals surface area contributed by atoms with Crippen LogP contribution in [0.2, 0.25) is 6.04 Å². The molecule has 0 saturated heterocycles. The van der Waals surface area contributed by atoms with Crippen LogP contribution < -0.4 is 0 Å². The molecule has 0 atom stereocenters. The largest absolute Gasteiger partial charge is 0.389 e. The fourth-order valence-corrected chi connectivity index (χ4v) is 1.43. The molecule has 0 heterocycles. The van der Waals surface area contributed by atoms with Gasteiger partial charge in [0.05, 0.1) is 0 Å². The Bertz CT molecular complexity index is 72.7. The summed E-state index contributed by atoms with van der Waals surface area (Å²) in [5, 5.41) is 0. The zero-order valence-electron chi connectivity index (χ0n) is 4.84. The van der Waals surface area contributed by atoms with E-state index in [0.29, 0.717) is 6.04 Å². The second kappa shape index (κ2) is 4.17. The van der Waals surface area contributed by atoms with Crippen LogP contribution in [0.15, 0.2) is 0 Å². The van der Waals surface area contributed by atoms with Gasteiger partial charge in [0.25, 0.3) is 0 Å². The Balaban J connectivity index is 3.07. The summed E-state index contributed by atoms with van der Waals surface area (Å²) in [6.45, 7) is 0. The smallest absolute Gasteiger partial charge is 0.176 e. The third-order valence-electron chi connectivity index (χ3n) is 0.844. The van der Waals surface area contributed by atoms with Crippen molar-refractivity contribution in [2.45, 2.75) is 25.1 Å². The monoisotopic (exact) mass is 176 g/mol. The molecule has 0 N–H and O–H groups in total. The Labute approximate surface area is 58.9 Å². The number of hydrogen-bond acceptors (Lipinski definition) is 0. The summed E-state index contributed by atoms with van der Waals surface area (Å²) in [5.74, 6) is 0. The molecule has 0 aliphatic rings. The van der Waals surface area contributed by atoms with Crippen LogP contribution in [0.3, 0.4) is 0 Å². The molecule has 0 unspecified atom stereocenters. The first-order valence-electron chi connectivity index (χ1n) is 2.69. The highest BCUT2D eigenvalue weighted by molar-refractivity contribution is 6.93. The van der Waals surface area contributed by atoms with Gasteiger partial charge in [0.2, 0.25) is 0 Å². The van der Waals surface area contributed by atoms with Gasteiger partial charge in [-0.15, -0.1) is 0 Å². The second-order valence-electron chi connectivity index (χ2n) is 1.76. The van der Waals surface area contributed by atoms with Crippen LogP contribution in [0, 0.1) is 0 Å². The van der Waals surface area contributed by atoms with Crippen LogP contribution in [0.25, 0.3) is 0 Å². The third kappa shape index (κ3) is 8.30. The van der Waals surface area contributed by atoms with Crippen molar-refractivity contribution in [1.29, 1.82) is 0 Å². The fourth-order valence-electron chi connectivity index (χ4n) is 0.420. The van der Waals surface area contributed by atoms with E-state index in [0.717, 1.165) is 0 Å². The quantitative estimate of drug-likeness (QED) is 0.351. The fraction of sp³-hybridized carbons (Fsp3) is 1.00. The van der Waals surface area contributed by atoms with Crippen LogP contribution in [0.4, 0.5) is 13.2 Å². The van der Waals surface area contributed by atoms with Crippen molar-refractivity contribution in [3.8, 4) is 0 Å². The lowest BCUT2D eigenvalue weighted by Crippen LogP contribution is -2.06. The number of halogens is 4. The maximum absolute atomic E-state index is 11.4. The van der Waals surface area contributed by atoms with E-state index in [9.17, 15) is 13.2 Å². The summed E-state index contributed by atoms with van der Waals surface area (Å²) < 4.78 is 34.1. The van der Waals surface area contributed by atoms with Gasteiger partial charge in [-0.25, -0.2) is 0 Å². The van der Waals surface area contributed by atoms with Gasteiger partial charge in [0.15, 0.2) is 0 Å². The molecule has 0 aromatic rings. The van der Waals surface area contributed by atoms with Crippen LogP contribution >= 0.6 is 11.1 Å². The Morgan fingerprint density at radius 3 is 2.22 bits per heavy atom. The molecule has 9 heavy (non-hydrogen) atoms. The van der Waals surface area contributed by atoms with E-state index >= 15 is 0 Å². The molecule has 0 aliphatic heterocycles. The molecular formula is C4H8ClF3Si. The van der Waals surface area contributed by atoms with Crippen LogP contribution in [0.5, 0.6) is 0 Å². The zero-order valence-corrected chi connectivity index (χ0v) is 7.01. The molecule has 56 valence electrons. The van der Waals surface area contributed by atoms with Gasteiger partial charge in [-0.05, 0) is 12.5 Å². The second-order valence-corrected chi connectivity index (χ2v) is 3.98. The summed E-state index contributed by atoms with van der Waals surface area (Å²) in [6, 6.07) is 0.584. The maximum Gasteiger partial charge on any atom is 0.389 e. The normalized spacial score (nSPS) is 13.3. The first-order valence-corrected chi connectivity index (χ1v) is 5.83. The molecule has 0 saturated carbocycles. The highest BCUT2D eigenvalue weighted by Crippen LogP contribution is 2.22. The molecule has 0 spiro atoms. The minimum absolute atomic E-state index is 0.208. The highest BCUT2D eigenvalue weighted by Gasteiger charge is 2.25. The molecule has 0 rings (SSSR count). The van der Waals surface area contributed by atoms with Crippen molar-refractivity contribution >= 4 is 19.9 Å². The molecule has 0 aromatic heterocycles. The molecule has 0 radical (unpaired) electrons. The Morgan fingerprint density at radius 1 is 1.33 bits per heavy atom. The molecule has 0 amide bonds. The Morgan fingerprint density at radius 2 is 1.89 bits per heavy atom. The predicted octanol–water partition coefficient (Wildman–Crippen LogP) is 2.07. The molecule has 0 aliphatic carbocycles. The lowest BCUT2D eigenvalue weighted by Gasteiger charge is -2.02. The van der Waals surface area contributed by atoms with Gasteiger partial charge in [0, 0.05) is 6.42 Å². The van der Waals surface area contributed by atoms with Crippen LogP contribution in [0.1, 0.15) is 12.8 Å². The van der Waals surface area contributed by atoms with Crippen LogP contribution in [-0.4, -0.2) is 15.0 Å². The van der Waals surface area contributed by atoms with Crippen molar-refractivity contribution in [1.82, 2.24) is 0 Å². The third-order valence-corrected chi connectivity index (χ3v) is 2.41.